The Morgan fingerprint density at radius 1 is 1.25 bits per heavy atom. The summed E-state index contributed by atoms with van der Waals surface area (Å²) in [6.07, 6.45) is 4.67. The third-order valence-corrected chi connectivity index (χ3v) is 4.84. The minimum atomic E-state index is -0.434. The number of rotatable bonds is 6. The average Bonchev–Trinajstić information content (AvgIpc) is 3.15. The molecule has 2 fully saturated rings. The van der Waals surface area contributed by atoms with Gasteiger partial charge in [-0.3, -0.25) is 4.90 Å². The number of hydrogen-bond donors (Lipinski definition) is 1. The number of ether oxygens (including phenoxy) is 2. The Balaban J connectivity index is 1.92. The molecular weight excluding hydrogens is 310 g/mol. The van der Waals surface area contributed by atoms with Gasteiger partial charge in [0.2, 0.25) is 0 Å². The topological polar surface area (TPSA) is 76.1 Å². The summed E-state index contributed by atoms with van der Waals surface area (Å²) in [5.41, 5.74) is 1.18. The zero-order chi connectivity index (χ0) is 17.7. The number of fused-ring (bicyclic) bond motifs is 1. The van der Waals surface area contributed by atoms with E-state index in [2.05, 4.69) is 4.90 Å². The van der Waals surface area contributed by atoms with E-state index in [4.69, 9.17) is 14.6 Å². The highest BCUT2D eigenvalue weighted by Crippen LogP contribution is 2.35. The van der Waals surface area contributed by atoms with Gasteiger partial charge >= 0.3 is 11.9 Å². The summed E-state index contributed by atoms with van der Waals surface area (Å²) in [6, 6.07) is 0.120. The predicted molar refractivity (Wildman–Crippen MR) is 89.2 cm³/mol. The molecule has 134 valence electrons. The lowest BCUT2D eigenvalue weighted by atomic mass is 9.97. The van der Waals surface area contributed by atoms with Crippen molar-refractivity contribution in [3.63, 3.8) is 0 Å². The predicted octanol–water partition coefficient (Wildman–Crippen LogP) is 1.44. The van der Waals surface area contributed by atoms with E-state index >= 15 is 0 Å². The highest BCUT2D eigenvalue weighted by molar-refractivity contribution is 5.87. The van der Waals surface area contributed by atoms with Gasteiger partial charge in [-0.25, -0.2) is 9.59 Å². The molecule has 0 aromatic rings. The lowest BCUT2D eigenvalue weighted by Crippen LogP contribution is -2.38. The number of aliphatic hydroxyl groups excluding tert-OH is 1. The van der Waals surface area contributed by atoms with Crippen LogP contribution in [0.2, 0.25) is 0 Å². The van der Waals surface area contributed by atoms with Crippen molar-refractivity contribution in [3.05, 3.63) is 23.3 Å². The van der Waals surface area contributed by atoms with Crippen LogP contribution < -0.4 is 0 Å². The first kappa shape index (κ1) is 18.7. The maximum absolute atomic E-state index is 12.0. The van der Waals surface area contributed by atoms with Gasteiger partial charge in [0.05, 0.1) is 19.3 Å². The third-order valence-electron chi connectivity index (χ3n) is 4.84. The van der Waals surface area contributed by atoms with Crippen LogP contribution in [0.1, 0.15) is 33.6 Å². The zero-order valence-electron chi connectivity index (χ0n) is 14.7. The van der Waals surface area contributed by atoms with Gasteiger partial charge in [-0.05, 0) is 45.7 Å². The van der Waals surface area contributed by atoms with Gasteiger partial charge in [0, 0.05) is 24.1 Å². The standard InChI is InChI=1S/C18H27NO5/c1-4-13(3)18(22)24-15-6-8-19-7-5-14(17(15)19)11-23-16(21)9-12(2)10-20/h4,9,14-15,17,20H,5-8,10-11H2,1-3H3/b12-9+,13-4+/t14-,15-,17?/m1/s1. The minimum absolute atomic E-state index is 0.120. The van der Waals surface area contributed by atoms with Crippen molar-refractivity contribution in [1.82, 2.24) is 4.90 Å². The third kappa shape index (κ3) is 4.45. The van der Waals surface area contributed by atoms with E-state index in [9.17, 15) is 9.59 Å². The van der Waals surface area contributed by atoms with Crippen LogP contribution in [0.15, 0.2) is 23.3 Å². The summed E-state index contributed by atoms with van der Waals surface area (Å²) in [5.74, 6) is -0.534. The van der Waals surface area contributed by atoms with Crippen LogP contribution in [0.25, 0.3) is 0 Å². The van der Waals surface area contributed by atoms with Gasteiger partial charge in [0.25, 0.3) is 0 Å². The molecule has 0 saturated carbocycles. The van der Waals surface area contributed by atoms with Crippen molar-refractivity contribution in [2.24, 2.45) is 5.92 Å². The van der Waals surface area contributed by atoms with Crippen molar-refractivity contribution in [2.75, 3.05) is 26.3 Å². The number of esters is 2. The maximum Gasteiger partial charge on any atom is 0.333 e. The fourth-order valence-electron chi connectivity index (χ4n) is 3.35. The number of carbonyl (C=O) groups excluding carboxylic acids is 2. The van der Waals surface area contributed by atoms with E-state index in [1.54, 1.807) is 19.9 Å². The Morgan fingerprint density at radius 3 is 2.62 bits per heavy atom. The molecule has 1 N–H and O–H groups in total. The number of hydrogen-bond acceptors (Lipinski definition) is 6. The number of aliphatic hydroxyl groups is 1. The Kier molecular flexibility index (Phi) is 6.57. The molecule has 0 aliphatic carbocycles. The lowest BCUT2D eigenvalue weighted by molar-refractivity contribution is -0.147. The molecule has 2 rings (SSSR count). The Labute approximate surface area is 143 Å². The number of carbonyl (C=O) groups is 2. The molecule has 0 spiro atoms. The Hall–Kier alpha value is -1.66. The second kappa shape index (κ2) is 8.44. The average molecular weight is 337 g/mol. The van der Waals surface area contributed by atoms with Crippen LogP contribution in [-0.4, -0.2) is 60.4 Å². The van der Waals surface area contributed by atoms with Gasteiger partial charge < -0.3 is 14.6 Å². The van der Waals surface area contributed by atoms with E-state index in [0.29, 0.717) is 17.8 Å². The van der Waals surface area contributed by atoms with Crippen molar-refractivity contribution in [2.45, 2.75) is 45.8 Å². The van der Waals surface area contributed by atoms with Gasteiger partial charge in [0.15, 0.2) is 0 Å². The van der Waals surface area contributed by atoms with Crippen molar-refractivity contribution in [3.8, 4) is 0 Å². The zero-order valence-corrected chi connectivity index (χ0v) is 14.7. The first-order valence-corrected chi connectivity index (χ1v) is 8.49. The molecule has 1 unspecified atom stereocenters. The molecule has 6 heteroatoms. The number of allylic oxidation sites excluding steroid dienone is 1. The molecule has 2 aliphatic rings. The van der Waals surface area contributed by atoms with Crippen molar-refractivity contribution >= 4 is 11.9 Å². The van der Waals surface area contributed by atoms with E-state index < -0.39 is 5.97 Å². The molecule has 2 aliphatic heterocycles. The van der Waals surface area contributed by atoms with Gasteiger partial charge in [-0.15, -0.1) is 0 Å². The highest BCUT2D eigenvalue weighted by atomic mass is 16.5. The summed E-state index contributed by atoms with van der Waals surface area (Å²) < 4.78 is 11.0. The van der Waals surface area contributed by atoms with E-state index in [0.717, 1.165) is 25.9 Å². The van der Waals surface area contributed by atoms with Gasteiger partial charge in [0.1, 0.15) is 6.10 Å². The molecule has 0 bridgehead atoms. The Bertz CT molecular complexity index is 540. The molecule has 0 radical (unpaired) electrons. The van der Waals surface area contributed by atoms with Crippen LogP contribution in [0.5, 0.6) is 0 Å². The van der Waals surface area contributed by atoms with Crippen molar-refractivity contribution in [1.29, 1.82) is 0 Å². The van der Waals surface area contributed by atoms with Crippen LogP contribution in [-0.2, 0) is 19.1 Å². The lowest BCUT2D eigenvalue weighted by Gasteiger charge is -2.26. The molecule has 6 nitrogen and oxygen atoms in total. The molecule has 24 heavy (non-hydrogen) atoms. The molecule has 2 heterocycles. The largest absolute Gasteiger partial charge is 0.462 e. The second-order valence-corrected chi connectivity index (χ2v) is 6.56. The van der Waals surface area contributed by atoms with E-state index in [1.807, 2.05) is 6.92 Å². The first-order chi connectivity index (χ1) is 11.5. The molecule has 3 atom stereocenters. The molecule has 2 saturated heterocycles. The summed E-state index contributed by atoms with van der Waals surface area (Å²) in [6.45, 7) is 7.24. The fourth-order valence-corrected chi connectivity index (χ4v) is 3.35. The van der Waals surface area contributed by atoms with Crippen LogP contribution in [0.3, 0.4) is 0 Å². The van der Waals surface area contributed by atoms with Crippen LogP contribution in [0, 0.1) is 5.92 Å². The molecule has 0 aromatic heterocycles. The highest BCUT2D eigenvalue weighted by Gasteiger charge is 2.46. The van der Waals surface area contributed by atoms with Gasteiger partial charge in [-0.2, -0.15) is 0 Å². The molecule has 0 aromatic carbocycles. The SMILES string of the molecule is C/C=C(\C)C(=O)O[C@@H]1CCN2CC[C@H](COC(=O)/C=C(\C)CO)C12. The smallest absolute Gasteiger partial charge is 0.333 e. The molecular formula is C18H27NO5. The van der Waals surface area contributed by atoms with E-state index in [-0.39, 0.29) is 30.6 Å². The maximum atomic E-state index is 12.0. The summed E-state index contributed by atoms with van der Waals surface area (Å²) in [7, 11) is 0. The summed E-state index contributed by atoms with van der Waals surface area (Å²) in [5, 5.41) is 8.93. The fraction of sp³-hybridized carbons (Fsp3) is 0.667. The van der Waals surface area contributed by atoms with Crippen LogP contribution in [0.4, 0.5) is 0 Å². The van der Waals surface area contributed by atoms with E-state index in [1.165, 1.54) is 6.08 Å². The van der Waals surface area contributed by atoms with Crippen LogP contribution >= 0.6 is 0 Å². The second-order valence-electron chi connectivity index (χ2n) is 6.56. The van der Waals surface area contributed by atoms with Crippen molar-refractivity contribution < 1.29 is 24.2 Å². The monoisotopic (exact) mass is 337 g/mol. The summed E-state index contributed by atoms with van der Waals surface area (Å²) >= 11 is 0. The Morgan fingerprint density at radius 2 is 1.96 bits per heavy atom. The number of nitrogens with zero attached hydrogens (tertiary/aromatic N) is 1. The first-order valence-electron chi connectivity index (χ1n) is 8.49. The molecule has 0 amide bonds. The quantitative estimate of drug-likeness (QED) is 0.584. The van der Waals surface area contributed by atoms with Gasteiger partial charge in [-0.1, -0.05) is 6.08 Å². The normalized spacial score (nSPS) is 27.9. The summed E-state index contributed by atoms with van der Waals surface area (Å²) in [4.78, 5) is 26.1. The minimum Gasteiger partial charge on any atom is -0.462 e.